The molecule has 3 atom stereocenters. The van der Waals surface area contributed by atoms with E-state index in [2.05, 4.69) is 27.7 Å². The van der Waals surface area contributed by atoms with Crippen molar-refractivity contribution < 1.29 is 37.5 Å². The molecule has 0 bridgehead atoms. The van der Waals surface area contributed by atoms with Gasteiger partial charge in [0.2, 0.25) is 6.41 Å². The lowest BCUT2D eigenvalue weighted by molar-refractivity contribution is -0.201. The average Bonchev–Trinajstić information content (AvgIpc) is 2.87. The van der Waals surface area contributed by atoms with E-state index in [1.807, 2.05) is 0 Å². The van der Waals surface area contributed by atoms with Crippen molar-refractivity contribution >= 4 is 14.0 Å². The first-order valence-corrected chi connectivity index (χ1v) is 15.1. The molecule has 0 aromatic carbocycles. The maximum atomic E-state index is 12.8. The van der Waals surface area contributed by atoms with Gasteiger partial charge in [-0.1, -0.05) is 53.4 Å². The van der Waals surface area contributed by atoms with Gasteiger partial charge in [0.25, 0.3) is 0 Å². The van der Waals surface area contributed by atoms with Crippen molar-refractivity contribution in [1.82, 2.24) is 5.06 Å². The lowest BCUT2D eigenvalue weighted by atomic mass is 10.0. The molecule has 0 aromatic heterocycles. The van der Waals surface area contributed by atoms with E-state index in [1.165, 1.54) is 19.3 Å². The van der Waals surface area contributed by atoms with E-state index in [4.69, 9.17) is 28.1 Å². The molecule has 1 amide bonds. The lowest BCUT2D eigenvalue weighted by Crippen LogP contribution is -2.49. The number of carbonyl (C=O) groups is 1. The van der Waals surface area contributed by atoms with Gasteiger partial charge in [0.1, 0.15) is 12.2 Å². The van der Waals surface area contributed by atoms with Crippen molar-refractivity contribution in [1.29, 1.82) is 0 Å². The van der Waals surface area contributed by atoms with E-state index in [9.17, 15) is 9.36 Å². The average molecular weight is 526 g/mol. The Hall–Kier alpha value is -0.540. The van der Waals surface area contributed by atoms with Crippen LogP contribution in [0.15, 0.2) is 0 Å². The number of hydroxylamine groups is 2. The molecule has 0 aromatic rings. The van der Waals surface area contributed by atoms with Crippen molar-refractivity contribution in [3.63, 3.8) is 0 Å². The number of unbranched alkanes of at least 4 members (excludes halogenated alkanes) is 4. The van der Waals surface area contributed by atoms with Gasteiger partial charge in [-0.05, 0) is 32.1 Å². The molecule has 0 unspecified atom stereocenters. The largest absolute Gasteiger partial charge is 0.375 e. The number of hydrogen-bond acceptors (Lipinski definition) is 8. The smallest absolute Gasteiger partial charge is 0.330 e. The molecule has 0 aliphatic heterocycles. The maximum Gasteiger partial charge on any atom is 0.330 e. The van der Waals surface area contributed by atoms with Crippen LogP contribution < -0.4 is 0 Å². The van der Waals surface area contributed by atoms with Crippen LogP contribution in [0.2, 0.25) is 0 Å². The van der Waals surface area contributed by atoms with Crippen molar-refractivity contribution in [2.45, 2.75) is 104 Å². The fourth-order valence-corrected chi connectivity index (χ4v) is 4.43. The Labute approximate surface area is 214 Å². The lowest BCUT2D eigenvalue weighted by Gasteiger charge is -2.35. The fourth-order valence-electron chi connectivity index (χ4n) is 3.34. The van der Waals surface area contributed by atoms with Crippen molar-refractivity contribution in [3.05, 3.63) is 0 Å². The number of rotatable bonds is 26. The molecule has 35 heavy (non-hydrogen) atoms. The molecule has 0 fully saturated rings. The Morgan fingerprint density at radius 2 is 1.23 bits per heavy atom. The number of hydrogen-bond donors (Lipinski definition) is 0. The minimum atomic E-state index is -3.22. The number of amides is 1. The molecule has 0 aliphatic carbocycles. The summed E-state index contributed by atoms with van der Waals surface area (Å²) in [6.45, 7) is 10.7. The summed E-state index contributed by atoms with van der Waals surface area (Å²) in [5.41, 5.74) is 0. The third-order valence-corrected chi connectivity index (χ3v) is 7.60. The molecule has 9 nitrogen and oxygen atoms in total. The SMILES string of the molecule is CCCCO[C@@H]([C@@H](CCP(=O)(OC)OC)OCCCC)[C@@H](CN(C=O)OCCCC)OCCCC. The highest BCUT2D eigenvalue weighted by atomic mass is 31.2. The molecular weight excluding hydrogens is 473 g/mol. The van der Waals surface area contributed by atoms with Crippen LogP contribution in [0.4, 0.5) is 0 Å². The summed E-state index contributed by atoms with van der Waals surface area (Å²) in [6, 6.07) is 0. The highest BCUT2D eigenvalue weighted by Crippen LogP contribution is 2.47. The predicted octanol–water partition coefficient (Wildman–Crippen LogP) is 5.61. The Morgan fingerprint density at radius 1 is 0.743 bits per heavy atom. The van der Waals surface area contributed by atoms with Gasteiger partial charge in [0, 0.05) is 34.0 Å². The third kappa shape index (κ3) is 16.0. The summed E-state index contributed by atoms with van der Waals surface area (Å²) in [5.74, 6) is 0. The van der Waals surface area contributed by atoms with Crippen molar-refractivity contribution in [2.24, 2.45) is 0 Å². The van der Waals surface area contributed by atoms with E-state index in [0.717, 1.165) is 51.4 Å². The zero-order chi connectivity index (χ0) is 26.4. The molecule has 0 radical (unpaired) electrons. The van der Waals surface area contributed by atoms with E-state index >= 15 is 0 Å². The third-order valence-electron chi connectivity index (χ3n) is 5.68. The second-order valence-corrected chi connectivity index (χ2v) is 11.0. The van der Waals surface area contributed by atoms with Crippen LogP contribution in [0.1, 0.15) is 85.5 Å². The Kier molecular flexibility index (Phi) is 22.3. The number of carbonyl (C=O) groups excluding carboxylic acids is 1. The van der Waals surface area contributed by atoms with E-state index < -0.39 is 25.9 Å². The summed E-state index contributed by atoms with van der Waals surface area (Å²) in [7, 11) is -0.446. The summed E-state index contributed by atoms with van der Waals surface area (Å²) in [6.07, 6.45) is 7.39. The molecule has 0 spiro atoms. The standard InChI is InChI=1S/C25H52NO8P/c1-7-11-16-31-23(15-20-35(28,29-5)30-6)25(33-18-13-9-3)24(32-17-12-8-2)21-26(22-27)34-19-14-10-4/h22-25H,7-21H2,1-6H3/t23-,24-,25+/m1/s1. The molecule has 0 N–H and O–H groups in total. The van der Waals surface area contributed by atoms with Crippen LogP contribution in [0, 0.1) is 0 Å². The number of ether oxygens (including phenoxy) is 3. The van der Waals surface area contributed by atoms with Crippen LogP contribution in [-0.2, 0) is 37.5 Å². The van der Waals surface area contributed by atoms with Gasteiger partial charge < -0.3 is 23.3 Å². The van der Waals surface area contributed by atoms with Crippen LogP contribution in [0.3, 0.4) is 0 Å². The molecular formula is C25H52NO8P. The van der Waals surface area contributed by atoms with E-state index in [-0.39, 0.29) is 12.7 Å². The topological polar surface area (TPSA) is 92.8 Å². The zero-order valence-corrected chi connectivity index (χ0v) is 24.0. The molecule has 0 saturated carbocycles. The Balaban J connectivity index is 5.85. The second kappa shape index (κ2) is 22.6. The van der Waals surface area contributed by atoms with E-state index in [0.29, 0.717) is 39.3 Å². The molecule has 0 rings (SSSR count). The van der Waals surface area contributed by atoms with E-state index in [1.54, 1.807) is 0 Å². The minimum absolute atomic E-state index is 0.191. The molecule has 0 heterocycles. The van der Waals surface area contributed by atoms with Gasteiger partial charge >= 0.3 is 7.60 Å². The predicted molar refractivity (Wildman–Crippen MR) is 139 cm³/mol. The quantitative estimate of drug-likeness (QED) is 0.0623. The highest BCUT2D eigenvalue weighted by molar-refractivity contribution is 7.53. The van der Waals surface area contributed by atoms with Crippen LogP contribution in [0.25, 0.3) is 0 Å². The second-order valence-electron chi connectivity index (χ2n) is 8.59. The van der Waals surface area contributed by atoms with Crippen molar-refractivity contribution in [3.8, 4) is 0 Å². The zero-order valence-electron chi connectivity index (χ0n) is 23.1. The normalized spacial score (nSPS) is 14.6. The Bertz CT molecular complexity index is 532. The first-order chi connectivity index (χ1) is 16.9. The summed E-state index contributed by atoms with van der Waals surface area (Å²) in [4.78, 5) is 17.4. The fraction of sp³-hybridized carbons (Fsp3) is 0.960. The minimum Gasteiger partial charge on any atom is -0.375 e. The molecule has 210 valence electrons. The summed E-state index contributed by atoms with van der Waals surface area (Å²) < 4.78 is 42.0. The molecule has 0 saturated heterocycles. The van der Waals surface area contributed by atoms with Crippen molar-refractivity contribution in [2.75, 3.05) is 53.4 Å². The maximum absolute atomic E-state index is 12.8. The number of nitrogens with zero attached hydrogens (tertiary/aromatic N) is 1. The van der Waals surface area contributed by atoms with Gasteiger partial charge in [-0.25, -0.2) is 5.06 Å². The molecule has 0 aliphatic rings. The van der Waals surface area contributed by atoms with Crippen LogP contribution in [-0.4, -0.2) is 83.1 Å². The van der Waals surface area contributed by atoms with Gasteiger partial charge in [-0.3, -0.25) is 14.2 Å². The highest BCUT2D eigenvalue weighted by Gasteiger charge is 2.35. The van der Waals surface area contributed by atoms with Crippen LogP contribution >= 0.6 is 7.60 Å². The summed E-state index contributed by atoms with van der Waals surface area (Å²) >= 11 is 0. The van der Waals surface area contributed by atoms with Gasteiger partial charge in [0.15, 0.2) is 0 Å². The summed E-state index contributed by atoms with van der Waals surface area (Å²) in [5, 5.41) is 1.29. The van der Waals surface area contributed by atoms with Gasteiger partial charge in [-0.15, -0.1) is 0 Å². The van der Waals surface area contributed by atoms with Gasteiger partial charge in [0.05, 0.1) is 25.4 Å². The first kappa shape index (κ1) is 34.5. The first-order valence-electron chi connectivity index (χ1n) is 13.3. The Morgan fingerprint density at radius 3 is 1.71 bits per heavy atom. The monoisotopic (exact) mass is 525 g/mol. The van der Waals surface area contributed by atoms with Crippen LogP contribution in [0.5, 0.6) is 0 Å². The molecule has 10 heteroatoms. The van der Waals surface area contributed by atoms with Gasteiger partial charge in [-0.2, -0.15) is 0 Å².